The zero-order valence-electron chi connectivity index (χ0n) is 17.8. The van der Waals surface area contributed by atoms with Crippen molar-refractivity contribution >= 4 is 22.2 Å². The third-order valence-electron chi connectivity index (χ3n) is 5.70. The summed E-state index contributed by atoms with van der Waals surface area (Å²) in [6.45, 7) is 0.546. The second-order valence-electron chi connectivity index (χ2n) is 7.83. The molecule has 0 aliphatic carbocycles. The van der Waals surface area contributed by atoms with Gasteiger partial charge in [0, 0.05) is 29.6 Å². The Morgan fingerprint density at radius 2 is 1.58 bits per heavy atom. The molecule has 0 aliphatic heterocycles. The quantitative estimate of drug-likeness (QED) is 0.320. The molecule has 2 aromatic heterocycles. The number of rotatable bonds is 7. The molecule has 1 N–H and O–H groups in total. The molecule has 0 fully saturated rings. The fraction of sp³-hybridized carbons (Fsp3) is 0.111. The molecule has 0 atom stereocenters. The van der Waals surface area contributed by atoms with Crippen molar-refractivity contribution < 1.29 is 9.18 Å². The van der Waals surface area contributed by atoms with E-state index in [1.807, 2.05) is 48.0 Å². The molecule has 2 heterocycles. The SMILES string of the molecule is O=C(NCCC(c1ccccc1)c1ccccc1)c1csc2nc(-c3ccc(F)cc3)cn12. The lowest BCUT2D eigenvalue weighted by Crippen LogP contribution is -2.26. The van der Waals surface area contributed by atoms with Gasteiger partial charge in [0.05, 0.1) is 5.69 Å². The van der Waals surface area contributed by atoms with Gasteiger partial charge in [-0.05, 0) is 41.8 Å². The van der Waals surface area contributed by atoms with E-state index in [-0.39, 0.29) is 17.6 Å². The first-order valence-corrected chi connectivity index (χ1v) is 11.7. The van der Waals surface area contributed by atoms with Crippen LogP contribution in [0.5, 0.6) is 0 Å². The Bertz CT molecular complexity index is 1320. The summed E-state index contributed by atoms with van der Waals surface area (Å²) in [4.78, 5) is 18.3. The number of fused-ring (bicyclic) bond motifs is 1. The number of amides is 1. The van der Waals surface area contributed by atoms with Crippen LogP contribution >= 0.6 is 11.3 Å². The third kappa shape index (κ3) is 4.56. The second kappa shape index (κ2) is 9.38. The van der Waals surface area contributed by atoms with Crippen LogP contribution in [-0.4, -0.2) is 21.8 Å². The molecule has 0 bridgehead atoms. The van der Waals surface area contributed by atoms with E-state index in [9.17, 15) is 9.18 Å². The van der Waals surface area contributed by atoms with Gasteiger partial charge in [0.15, 0.2) is 4.96 Å². The Morgan fingerprint density at radius 1 is 0.939 bits per heavy atom. The lowest BCUT2D eigenvalue weighted by molar-refractivity contribution is 0.0947. The Labute approximate surface area is 195 Å². The number of carbonyl (C=O) groups excluding carboxylic acids is 1. The van der Waals surface area contributed by atoms with E-state index in [4.69, 9.17) is 0 Å². The maximum Gasteiger partial charge on any atom is 0.269 e. The van der Waals surface area contributed by atoms with Gasteiger partial charge in [-0.25, -0.2) is 9.37 Å². The highest BCUT2D eigenvalue weighted by atomic mass is 32.1. The highest BCUT2D eigenvalue weighted by molar-refractivity contribution is 7.15. The predicted molar refractivity (Wildman–Crippen MR) is 130 cm³/mol. The monoisotopic (exact) mass is 455 g/mol. The number of imidazole rings is 1. The molecule has 0 unspecified atom stereocenters. The van der Waals surface area contributed by atoms with Crippen LogP contribution in [0.4, 0.5) is 4.39 Å². The lowest BCUT2D eigenvalue weighted by atomic mass is 9.88. The maximum absolute atomic E-state index is 13.2. The number of nitrogens with one attached hydrogen (secondary N) is 1. The average molecular weight is 456 g/mol. The molecule has 0 radical (unpaired) electrons. The van der Waals surface area contributed by atoms with Gasteiger partial charge in [0.2, 0.25) is 0 Å². The van der Waals surface area contributed by atoms with E-state index in [0.717, 1.165) is 16.9 Å². The highest BCUT2D eigenvalue weighted by Gasteiger charge is 2.17. The minimum atomic E-state index is -0.288. The summed E-state index contributed by atoms with van der Waals surface area (Å²) < 4.78 is 15.0. The highest BCUT2D eigenvalue weighted by Crippen LogP contribution is 2.28. The van der Waals surface area contributed by atoms with Gasteiger partial charge in [-0.2, -0.15) is 0 Å². The molecule has 4 nitrogen and oxygen atoms in total. The van der Waals surface area contributed by atoms with Crippen LogP contribution in [0.3, 0.4) is 0 Å². The van der Waals surface area contributed by atoms with Crippen molar-refractivity contribution in [3.63, 3.8) is 0 Å². The zero-order chi connectivity index (χ0) is 22.6. The van der Waals surface area contributed by atoms with E-state index in [0.29, 0.717) is 17.9 Å². The van der Waals surface area contributed by atoms with Gasteiger partial charge >= 0.3 is 0 Å². The fourth-order valence-electron chi connectivity index (χ4n) is 4.02. The van der Waals surface area contributed by atoms with Crippen LogP contribution < -0.4 is 5.32 Å². The molecule has 0 spiro atoms. The van der Waals surface area contributed by atoms with Crippen molar-refractivity contribution in [2.45, 2.75) is 12.3 Å². The summed E-state index contributed by atoms with van der Waals surface area (Å²) in [5, 5.41) is 4.89. The molecule has 0 saturated carbocycles. The topological polar surface area (TPSA) is 46.4 Å². The maximum atomic E-state index is 13.2. The van der Waals surface area contributed by atoms with Crippen LogP contribution in [0, 0.1) is 5.82 Å². The van der Waals surface area contributed by atoms with Crippen molar-refractivity contribution in [2.75, 3.05) is 6.54 Å². The number of hydrogen-bond donors (Lipinski definition) is 1. The summed E-state index contributed by atoms with van der Waals surface area (Å²) in [6, 6.07) is 26.9. The smallest absolute Gasteiger partial charge is 0.269 e. The standard InChI is InChI=1S/C27H22FN3OS/c28-22-13-11-21(12-14-22)24-17-31-25(18-33-27(31)30-24)26(32)29-16-15-23(19-7-3-1-4-8-19)20-9-5-2-6-10-20/h1-14,17-18,23H,15-16H2,(H,29,32). The second-order valence-corrected chi connectivity index (χ2v) is 8.66. The molecule has 3 aromatic carbocycles. The molecule has 6 heteroatoms. The summed E-state index contributed by atoms with van der Waals surface area (Å²) >= 11 is 1.41. The molecular formula is C27H22FN3OS. The summed E-state index contributed by atoms with van der Waals surface area (Å²) in [6.07, 6.45) is 2.61. The molecule has 5 aromatic rings. The first-order chi connectivity index (χ1) is 16.2. The van der Waals surface area contributed by atoms with E-state index >= 15 is 0 Å². The first kappa shape index (κ1) is 21.1. The molecule has 33 heavy (non-hydrogen) atoms. The number of benzene rings is 3. The Kier molecular flexibility index (Phi) is 6.00. The molecule has 164 valence electrons. The Balaban J connectivity index is 1.31. The van der Waals surface area contributed by atoms with Gasteiger partial charge < -0.3 is 5.32 Å². The van der Waals surface area contributed by atoms with Crippen molar-refractivity contribution in [3.8, 4) is 11.3 Å². The third-order valence-corrected chi connectivity index (χ3v) is 6.54. The number of halogens is 1. The van der Waals surface area contributed by atoms with Crippen LogP contribution in [0.25, 0.3) is 16.2 Å². The number of aromatic nitrogens is 2. The normalized spacial score (nSPS) is 11.2. The predicted octanol–water partition coefficient (Wildman–Crippen LogP) is 6.15. The van der Waals surface area contributed by atoms with E-state index in [1.165, 1.54) is 34.6 Å². The van der Waals surface area contributed by atoms with Gasteiger partial charge in [0.25, 0.3) is 5.91 Å². The minimum Gasteiger partial charge on any atom is -0.351 e. The van der Waals surface area contributed by atoms with Crippen molar-refractivity contribution in [3.05, 3.63) is 119 Å². The van der Waals surface area contributed by atoms with Gasteiger partial charge in [-0.15, -0.1) is 11.3 Å². The van der Waals surface area contributed by atoms with Crippen LogP contribution in [-0.2, 0) is 0 Å². The van der Waals surface area contributed by atoms with Gasteiger partial charge in [-0.1, -0.05) is 60.7 Å². The van der Waals surface area contributed by atoms with E-state index < -0.39 is 0 Å². The molecule has 0 saturated heterocycles. The van der Waals surface area contributed by atoms with Crippen molar-refractivity contribution in [1.29, 1.82) is 0 Å². The van der Waals surface area contributed by atoms with Crippen molar-refractivity contribution in [1.82, 2.24) is 14.7 Å². The minimum absolute atomic E-state index is 0.135. The van der Waals surface area contributed by atoms with Crippen LogP contribution in [0.15, 0.2) is 96.5 Å². The molecule has 5 rings (SSSR count). The van der Waals surface area contributed by atoms with Gasteiger partial charge in [-0.3, -0.25) is 9.20 Å². The Hall–Kier alpha value is -3.77. The zero-order valence-corrected chi connectivity index (χ0v) is 18.6. The summed E-state index contributed by atoms with van der Waals surface area (Å²) in [5.74, 6) is -0.221. The summed E-state index contributed by atoms with van der Waals surface area (Å²) in [7, 11) is 0. The van der Waals surface area contributed by atoms with Gasteiger partial charge in [0.1, 0.15) is 11.5 Å². The molecular weight excluding hydrogens is 433 g/mol. The van der Waals surface area contributed by atoms with E-state index in [1.54, 1.807) is 16.5 Å². The van der Waals surface area contributed by atoms with E-state index in [2.05, 4.69) is 34.6 Å². The van der Waals surface area contributed by atoms with Crippen molar-refractivity contribution in [2.24, 2.45) is 0 Å². The average Bonchev–Trinajstić information content (AvgIpc) is 3.44. The van der Waals surface area contributed by atoms with Crippen LogP contribution in [0.2, 0.25) is 0 Å². The fourth-order valence-corrected chi connectivity index (χ4v) is 4.88. The first-order valence-electron chi connectivity index (χ1n) is 10.8. The number of thiazole rings is 1. The molecule has 0 aliphatic rings. The largest absolute Gasteiger partial charge is 0.351 e. The lowest BCUT2D eigenvalue weighted by Gasteiger charge is -2.18. The Morgan fingerprint density at radius 3 is 2.21 bits per heavy atom. The molecule has 1 amide bonds. The van der Waals surface area contributed by atoms with Crippen LogP contribution in [0.1, 0.15) is 34.0 Å². The number of nitrogens with zero attached hydrogens (tertiary/aromatic N) is 2. The number of carbonyl (C=O) groups is 1. The summed E-state index contributed by atoms with van der Waals surface area (Å²) in [5.41, 5.74) is 4.53. The number of hydrogen-bond acceptors (Lipinski definition) is 3.